The molecule has 3 atom stereocenters. The summed E-state index contributed by atoms with van der Waals surface area (Å²) in [6, 6.07) is -0.736. The van der Waals surface area contributed by atoms with Gasteiger partial charge in [0.2, 0.25) is 0 Å². The number of carbonyl (C=O) groups is 1. The van der Waals surface area contributed by atoms with Crippen molar-refractivity contribution in [1.82, 2.24) is 0 Å². The molecule has 0 fully saturated rings. The van der Waals surface area contributed by atoms with Gasteiger partial charge in [0.05, 0.1) is 12.6 Å². The molecule has 5 nitrogen and oxygen atoms in total. The van der Waals surface area contributed by atoms with E-state index in [2.05, 4.69) is 4.74 Å². The molecule has 66 valence electrons. The smallest absolute Gasteiger partial charge is 0.151 e. The number of hydrogen-bond donors (Lipinski definition) is 3. The van der Waals surface area contributed by atoms with Crippen LogP contribution in [0.25, 0.3) is 0 Å². The predicted octanol–water partition coefficient (Wildman–Crippen LogP) is -2.12. The van der Waals surface area contributed by atoms with Crippen LogP contribution in [0.4, 0.5) is 0 Å². The van der Waals surface area contributed by atoms with Gasteiger partial charge in [-0.3, -0.25) is 0 Å². The van der Waals surface area contributed by atoms with Gasteiger partial charge in [0.1, 0.15) is 12.2 Å². The number of hydrogen-bond acceptors (Lipinski definition) is 5. The first kappa shape index (κ1) is 10.5. The van der Waals surface area contributed by atoms with Gasteiger partial charge in [0.15, 0.2) is 6.29 Å². The van der Waals surface area contributed by atoms with Gasteiger partial charge in [-0.15, -0.1) is 0 Å². The summed E-state index contributed by atoms with van der Waals surface area (Å²) in [5, 5.41) is 17.5. The van der Waals surface area contributed by atoms with Crippen molar-refractivity contribution in [1.29, 1.82) is 0 Å². The fourth-order valence-corrected chi connectivity index (χ4v) is 0.749. The van der Waals surface area contributed by atoms with Crippen molar-refractivity contribution in [3.63, 3.8) is 0 Å². The number of aliphatic hydroxyl groups is 2. The molecule has 0 saturated carbocycles. The average Bonchev–Trinajstić information content (AvgIpc) is 2.05. The molecule has 0 radical (unpaired) electrons. The minimum absolute atomic E-state index is 0.323. The van der Waals surface area contributed by atoms with Gasteiger partial charge in [-0.05, 0) is 0 Å². The Bertz CT molecular complexity index is 119. The molecule has 4 N–H and O–H groups in total. The first-order valence-corrected chi connectivity index (χ1v) is 3.20. The maximum Gasteiger partial charge on any atom is 0.151 e. The van der Waals surface area contributed by atoms with Crippen LogP contribution >= 0.6 is 0 Å². The highest BCUT2D eigenvalue weighted by Crippen LogP contribution is 1.99. The van der Waals surface area contributed by atoms with Crippen LogP contribution in [-0.2, 0) is 9.53 Å². The molecule has 0 saturated heterocycles. The number of carbonyl (C=O) groups excluding carboxylic acids is 1. The van der Waals surface area contributed by atoms with Crippen molar-refractivity contribution in [2.75, 3.05) is 13.7 Å². The zero-order valence-electron chi connectivity index (χ0n) is 6.30. The molecule has 0 amide bonds. The van der Waals surface area contributed by atoms with Gasteiger partial charge in [-0.25, -0.2) is 0 Å². The highest BCUT2D eigenvalue weighted by atomic mass is 16.5. The normalized spacial score (nSPS) is 18.9. The van der Waals surface area contributed by atoms with Crippen LogP contribution in [0.3, 0.4) is 0 Å². The monoisotopic (exact) mass is 163 g/mol. The largest absolute Gasteiger partial charge is 0.395 e. The van der Waals surface area contributed by atoms with E-state index in [1.54, 1.807) is 0 Å². The van der Waals surface area contributed by atoms with Crippen LogP contribution in [0, 0.1) is 0 Å². The topological polar surface area (TPSA) is 92.8 Å². The number of aliphatic hydroxyl groups excluding tert-OH is 2. The van der Waals surface area contributed by atoms with E-state index in [-0.39, 0.29) is 6.61 Å². The van der Waals surface area contributed by atoms with Gasteiger partial charge in [-0.2, -0.15) is 0 Å². The molecule has 5 heteroatoms. The Balaban J connectivity index is 4.02. The van der Waals surface area contributed by atoms with E-state index in [1.165, 1.54) is 7.11 Å². The van der Waals surface area contributed by atoms with E-state index >= 15 is 0 Å². The number of rotatable bonds is 5. The standard InChI is InChI=1S/C6H13NO4/c1-11-6(4(7)2-8)5(10)3-9/h3-6,8,10H,2,7H2,1H3/t4-,5+,6?/m0/s1. The van der Waals surface area contributed by atoms with E-state index in [4.69, 9.17) is 15.9 Å². The maximum absolute atomic E-state index is 10.1. The van der Waals surface area contributed by atoms with E-state index in [0.717, 1.165) is 0 Å². The predicted molar refractivity (Wildman–Crippen MR) is 37.9 cm³/mol. The van der Waals surface area contributed by atoms with Gasteiger partial charge < -0.3 is 25.5 Å². The van der Waals surface area contributed by atoms with E-state index in [1.807, 2.05) is 0 Å². The molecular formula is C6H13NO4. The third-order valence-electron chi connectivity index (χ3n) is 1.38. The number of ether oxygens (including phenoxy) is 1. The van der Waals surface area contributed by atoms with Crippen molar-refractivity contribution in [3.8, 4) is 0 Å². The lowest BCUT2D eigenvalue weighted by Crippen LogP contribution is -2.47. The Morgan fingerprint density at radius 3 is 2.55 bits per heavy atom. The zero-order valence-corrected chi connectivity index (χ0v) is 6.30. The molecule has 0 bridgehead atoms. The average molecular weight is 163 g/mol. The highest BCUT2D eigenvalue weighted by Gasteiger charge is 2.24. The quantitative estimate of drug-likeness (QED) is 0.403. The number of aldehydes is 1. The number of nitrogens with two attached hydrogens (primary N) is 1. The van der Waals surface area contributed by atoms with Crippen molar-refractivity contribution in [2.24, 2.45) is 5.73 Å². The Morgan fingerprint density at radius 2 is 2.27 bits per heavy atom. The third-order valence-corrected chi connectivity index (χ3v) is 1.38. The van der Waals surface area contributed by atoms with Crippen molar-refractivity contribution in [3.05, 3.63) is 0 Å². The SMILES string of the molecule is COC([C@H](O)C=O)[C@@H](N)CO. The summed E-state index contributed by atoms with van der Waals surface area (Å²) in [5.41, 5.74) is 5.31. The van der Waals surface area contributed by atoms with Crippen LogP contribution in [-0.4, -0.2) is 48.5 Å². The second-order valence-corrected chi connectivity index (χ2v) is 2.17. The fourth-order valence-electron chi connectivity index (χ4n) is 0.749. The lowest BCUT2D eigenvalue weighted by atomic mass is 10.1. The van der Waals surface area contributed by atoms with Gasteiger partial charge in [0, 0.05) is 7.11 Å². The summed E-state index contributed by atoms with van der Waals surface area (Å²) >= 11 is 0. The molecule has 0 heterocycles. The third kappa shape index (κ3) is 2.94. The minimum Gasteiger partial charge on any atom is -0.395 e. The summed E-state index contributed by atoms with van der Waals surface area (Å²) in [6.07, 6.45) is -1.79. The van der Waals surface area contributed by atoms with Crippen LogP contribution in [0.2, 0.25) is 0 Å². The minimum atomic E-state index is -1.28. The summed E-state index contributed by atoms with van der Waals surface area (Å²) in [7, 11) is 1.31. The van der Waals surface area contributed by atoms with Gasteiger partial charge in [-0.1, -0.05) is 0 Å². The van der Waals surface area contributed by atoms with Gasteiger partial charge >= 0.3 is 0 Å². The molecular weight excluding hydrogens is 150 g/mol. The molecule has 0 aromatic rings. The first-order chi connectivity index (χ1) is 5.17. The molecule has 0 rings (SSSR count). The van der Waals surface area contributed by atoms with Gasteiger partial charge in [0.25, 0.3) is 0 Å². The van der Waals surface area contributed by atoms with Crippen LogP contribution in [0.1, 0.15) is 0 Å². The van der Waals surface area contributed by atoms with E-state index < -0.39 is 18.2 Å². The summed E-state index contributed by atoms with van der Waals surface area (Å²) < 4.78 is 4.69. The van der Waals surface area contributed by atoms with E-state index in [0.29, 0.717) is 6.29 Å². The number of methoxy groups -OCH3 is 1. The van der Waals surface area contributed by atoms with Crippen molar-refractivity contribution < 1.29 is 19.7 Å². The van der Waals surface area contributed by atoms with Crippen molar-refractivity contribution >= 4 is 6.29 Å². The zero-order chi connectivity index (χ0) is 8.85. The highest BCUT2D eigenvalue weighted by molar-refractivity contribution is 5.56. The van der Waals surface area contributed by atoms with Crippen LogP contribution in [0.15, 0.2) is 0 Å². The Kier molecular flexibility index (Phi) is 4.97. The molecule has 1 unspecified atom stereocenters. The summed E-state index contributed by atoms with van der Waals surface area (Å²) in [6.45, 7) is -0.330. The summed E-state index contributed by atoms with van der Waals surface area (Å²) in [4.78, 5) is 10.1. The lowest BCUT2D eigenvalue weighted by molar-refractivity contribution is -0.123. The van der Waals surface area contributed by atoms with E-state index in [9.17, 15) is 4.79 Å². The molecule has 11 heavy (non-hydrogen) atoms. The van der Waals surface area contributed by atoms with Crippen LogP contribution in [0.5, 0.6) is 0 Å². The molecule has 0 aliphatic heterocycles. The molecule has 0 aliphatic rings. The molecule has 0 aromatic heterocycles. The Morgan fingerprint density at radius 1 is 1.73 bits per heavy atom. The lowest BCUT2D eigenvalue weighted by Gasteiger charge is -2.22. The van der Waals surface area contributed by atoms with Crippen molar-refractivity contribution in [2.45, 2.75) is 18.2 Å². The second-order valence-electron chi connectivity index (χ2n) is 2.17. The second kappa shape index (κ2) is 5.20. The molecule has 0 spiro atoms. The van der Waals surface area contributed by atoms with Crippen LogP contribution < -0.4 is 5.73 Å². The fraction of sp³-hybridized carbons (Fsp3) is 0.833. The summed E-state index contributed by atoms with van der Waals surface area (Å²) in [5.74, 6) is 0. The Hall–Kier alpha value is -0.490. The molecule has 0 aromatic carbocycles. The first-order valence-electron chi connectivity index (χ1n) is 3.20. The molecule has 0 aliphatic carbocycles. The Labute approximate surface area is 64.8 Å². The maximum atomic E-state index is 10.1.